The van der Waals surface area contributed by atoms with Gasteiger partial charge in [-0.1, -0.05) is 6.92 Å². The summed E-state index contributed by atoms with van der Waals surface area (Å²) in [6.07, 6.45) is 2.48. The van der Waals surface area contributed by atoms with Crippen LogP contribution in [0.1, 0.15) is 43.6 Å². The first kappa shape index (κ1) is 15.7. The molecule has 0 aromatic carbocycles. The summed E-state index contributed by atoms with van der Waals surface area (Å²) in [5.74, 6) is -0.103. The Morgan fingerprint density at radius 2 is 2.14 bits per heavy atom. The van der Waals surface area contributed by atoms with Crippen molar-refractivity contribution in [3.8, 4) is 0 Å². The lowest BCUT2D eigenvalue weighted by atomic mass is 10.1. The van der Waals surface area contributed by atoms with Gasteiger partial charge in [0.2, 0.25) is 5.91 Å². The smallest absolute Gasteiger partial charge is 0.341 e. The largest absolute Gasteiger partial charge is 0.459 e. The van der Waals surface area contributed by atoms with Gasteiger partial charge in [0.25, 0.3) is 0 Å². The maximum Gasteiger partial charge on any atom is 0.341 e. The molecule has 6 heteroatoms. The highest BCUT2D eigenvalue weighted by molar-refractivity contribution is 8.00. The minimum Gasteiger partial charge on any atom is -0.459 e. The fourth-order valence-corrected chi connectivity index (χ4v) is 3.57. The minimum atomic E-state index is -0.434. The Bertz CT molecular complexity index is 629. The molecule has 21 heavy (non-hydrogen) atoms. The molecule has 0 fully saturated rings. The average molecular weight is 308 g/mol. The van der Waals surface area contributed by atoms with Crippen molar-refractivity contribution in [3.05, 3.63) is 22.9 Å². The Balaban J connectivity index is 2.52. The van der Waals surface area contributed by atoms with Crippen molar-refractivity contribution in [1.82, 2.24) is 4.57 Å². The molecule has 0 saturated carbocycles. The number of aromatic nitrogens is 1. The van der Waals surface area contributed by atoms with E-state index >= 15 is 0 Å². The van der Waals surface area contributed by atoms with Crippen LogP contribution in [0, 0.1) is 0 Å². The molecule has 2 rings (SSSR count). The highest BCUT2D eigenvalue weighted by Gasteiger charge is 2.30. The summed E-state index contributed by atoms with van der Waals surface area (Å²) in [6.45, 7) is 7.36. The van der Waals surface area contributed by atoms with Crippen molar-refractivity contribution in [1.29, 1.82) is 0 Å². The first-order valence-corrected chi connectivity index (χ1v) is 7.93. The van der Waals surface area contributed by atoms with Crippen molar-refractivity contribution in [2.24, 2.45) is 5.73 Å². The zero-order chi connectivity index (χ0) is 15.7. The number of carbonyl (C=O) groups is 2. The maximum absolute atomic E-state index is 12.3. The molecule has 1 aromatic rings. The normalized spacial score (nSPS) is 16.0. The molecule has 0 bridgehead atoms. The lowest BCUT2D eigenvalue weighted by molar-refractivity contribution is -0.114. The van der Waals surface area contributed by atoms with Gasteiger partial charge in [-0.2, -0.15) is 0 Å². The number of carbonyl (C=O) groups excluding carboxylic acids is 2. The number of fused-ring (bicyclic) bond motifs is 1. The maximum atomic E-state index is 12.3. The molecule has 0 radical (unpaired) electrons. The van der Waals surface area contributed by atoms with E-state index in [1.54, 1.807) is 6.92 Å². The summed E-state index contributed by atoms with van der Waals surface area (Å²) in [4.78, 5) is 23.7. The summed E-state index contributed by atoms with van der Waals surface area (Å²) in [7, 11) is 0. The van der Waals surface area contributed by atoms with Crippen LogP contribution in [0.2, 0.25) is 0 Å². The number of esters is 1. The quantitative estimate of drug-likeness (QED) is 0.685. The van der Waals surface area contributed by atoms with E-state index in [1.807, 2.05) is 31.5 Å². The first-order valence-electron chi connectivity index (χ1n) is 6.94. The highest BCUT2D eigenvalue weighted by atomic mass is 32.2. The summed E-state index contributed by atoms with van der Waals surface area (Å²) in [6, 6.07) is 0. The van der Waals surface area contributed by atoms with Gasteiger partial charge in [0.15, 0.2) is 0 Å². The molecule has 114 valence electrons. The topological polar surface area (TPSA) is 74.3 Å². The van der Waals surface area contributed by atoms with Gasteiger partial charge < -0.3 is 15.0 Å². The SMILES string of the molecule is CCc1cn2c(c1C(=O)OC(C)C)SCC2=C(C)C(N)=O. The Labute approximate surface area is 128 Å². The molecule has 1 aliphatic heterocycles. The second-order valence-corrected chi connectivity index (χ2v) is 6.20. The lowest BCUT2D eigenvalue weighted by Crippen LogP contribution is -2.15. The zero-order valence-electron chi connectivity index (χ0n) is 12.7. The van der Waals surface area contributed by atoms with Crippen LogP contribution in [0.5, 0.6) is 0 Å². The molecule has 5 nitrogen and oxygen atoms in total. The fraction of sp³-hybridized carbons (Fsp3) is 0.467. The molecular weight excluding hydrogens is 288 g/mol. The third-order valence-corrected chi connectivity index (χ3v) is 4.50. The summed E-state index contributed by atoms with van der Waals surface area (Å²) in [5.41, 5.74) is 8.29. The van der Waals surface area contributed by atoms with E-state index in [0.717, 1.165) is 22.7 Å². The Kier molecular flexibility index (Phi) is 4.46. The van der Waals surface area contributed by atoms with E-state index in [2.05, 4.69) is 0 Å². The van der Waals surface area contributed by atoms with E-state index in [1.165, 1.54) is 11.8 Å². The monoisotopic (exact) mass is 308 g/mol. The van der Waals surface area contributed by atoms with E-state index in [9.17, 15) is 9.59 Å². The predicted octanol–water partition coefficient (Wildman–Crippen LogP) is 2.44. The van der Waals surface area contributed by atoms with Gasteiger partial charge in [0, 0.05) is 23.2 Å². The number of nitrogens with zero attached hydrogens (tertiary/aromatic N) is 1. The number of hydrogen-bond acceptors (Lipinski definition) is 4. The van der Waals surface area contributed by atoms with Crippen LogP contribution >= 0.6 is 11.8 Å². The molecule has 0 spiro atoms. The Hall–Kier alpha value is -1.69. The predicted molar refractivity (Wildman–Crippen MR) is 83.2 cm³/mol. The average Bonchev–Trinajstić information content (AvgIpc) is 2.94. The molecule has 2 heterocycles. The van der Waals surface area contributed by atoms with Crippen molar-refractivity contribution >= 4 is 29.3 Å². The highest BCUT2D eigenvalue weighted by Crippen LogP contribution is 2.40. The number of ether oxygens (including phenoxy) is 1. The Morgan fingerprint density at radius 1 is 1.48 bits per heavy atom. The molecule has 1 aliphatic rings. The summed E-state index contributed by atoms with van der Waals surface area (Å²) >= 11 is 1.54. The molecule has 1 aromatic heterocycles. The number of aryl methyl sites for hydroxylation is 1. The lowest BCUT2D eigenvalue weighted by Gasteiger charge is -2.09. The molecule has 2 N–H and O–H groups in total. The molecule has 1 amide bonds. The molecular formula is C15H20N2O3S. The number of amides is 1. The number of nitrogens with two attached hydrogens (primary N) is 1. The molecule has 0 aliphatic carbocycles. The van der Waals surface area contributed by atoms with Crippen LogP contribution in [-0.2, 0) is 16.0 Å². The van der Waals surface area contributed by atoms with Crippen LogP contribution in [0.4, 0.5) is 0 Å². The van der Waals surface area contributed by atoms with Gasteiger partial charge in [-0.15, -0.1) is 11.8 Å². The summed E-state index contributed by atoms with van der Waals surface area (Å²) in [5, 5.41) is 0.841. The number of rotatable bonds is 4. The van der Waals surface area contributed by atoms with Crippen LogP contribution in [0.3, 0.4) is 0 Å². The second-order valence-electron chi connectivity index (χ2n) is 5.24. The number of hydrogen-bond donors (Lipinski definition) is 1. The Morgan fingerprint density at radius 3 is 2.67 bits per heavy atom. The van der Waals surface area contributed by atoms with Crippen LogP contribution in [0.15, 0.2) is 16.8 Å². The van der Waals surface area contributed by atoms with E-state index in [4.69, 9.17) is 10.5 Å². The van der Waals surface area contributed by atoms with Gasteiger partial charge in [0.05, 0.1) is 16.7 Å². The van der Waals surface area contributed by atoms with Gasteiger partial charge >= 0.3 is 5.97 Å². The third-order valence-electron chi connectivity index (χ3n) is 3.41. The molecule has 0 atom stereocenters. The van der Waals surface area contributed by atoms with Crippen LogP contribution < -0.4 is 5.73 Å². The van der Waals surface area contributed by atoms with Gasteiger partial charge in [0.1, 0.15) is 0 Å². The third kappa shape index (κ3) is 2.85. The molecule has 0 saturated heterocycles. The van der Waals surface area contributed by atoms with E-state index < -0.39 is 5.91 Å². The van der Waals surface area contributed by atoms with Crippen LogP contribution in [-0.4, -0.2) is 28.3 Å². The van der Waals surface area contributed by atoms with Gasteiger partial charge in [-0.05, 0) is 32.8 Å². The fourth-order valence-electron chi connectivity index (χ4n) is 2.28. The minimum absolute atomic E-state index is 0.161. The van der Waals surface area contributed by atoms with Crippen molar-refractivity contribution < 1.29 is 14.3 Å². The van der Waals surface area contributed by atoms with Crippen molar-refractivity contribution in [2.45, 2.75) is 45.2 Å². The van der Waals surface area contributed by atoms with Crippen molar-refractivity contribution in [2.75, 3.05) is 5.75 Å². The van der Waals surface area contributed by atoms with Crippen molar-refractivity contribution in [3.63, 3.8) is 0 Å². The van der Waals surface area contributed by atoms with Gasteiger partial charge in [-0.3, -0.25) is 4.79 Å². The molecule has 0 unspecified atom stereocenters. The first-order chi connectivity index (χ1) is 9.86. The van der Waals surface area contributed by atoms with Gasteiger partial charge in [-0.25, -0.2) is 4.79 Å². The zero-order valence-corrected chi connectivity index (χ0v) is 13.5. The van der Waals surface area contributed by atoms with Crippen LogP contribution in [0.25, 0.3) is 5.70 Å². The second kappa shape index (κ2) is 5.97. The standard InChI is InChI=1S/C15H20N2O3S/c1-5-10-6-17-11(9(4)13(16)18)7-21-14(17)12(10)15(19)20-8(2)3/h6,8H,5,7H2,1-4H3,(H2,16,18). The number of primary amides is 1. The van der Waals surface area contributed by atoms with E-state index in [-0.39, 0.29) is 12.1 Å². The summed E-state index contributed by atoms with van der Waals surface area (Å²) < 4.78 is 7.24. The van der Waals surface area contributed by atoms with E-state index in [0.29, 0.717) is 16.9 Å². The number of thioether (sulfide) groups is 1.